The number of aliphatic hydroxyl groups is 1. The van der Waals surface area contributed by atoms with Crippen molar-refractivity contribution in [3.05, 3.63) is 33.9 Å². The highest BCUT2D eigenvalue weighted by atomic mass is 32.2. The Morgan fingerprint density at radius 1 is 1.41 bits per heavy atom. The second kappa shape index (κ2) is 5.48. The largest absolute Gasteiger partial charge is 0.396 e. The molecule has 1 N–H and O–H groups in total. The summed E-state index contributed by atoms with van der Waals surface area (Å²) in [6.07, 6.45) is 0. The van der Waals surface area contributed by atoms with Crippen molar-refractivity contribution in [2.75, 3.05) is 12.4 Å². The quantitative estimate of drug-likeness (QED) is 0.909. The smallest absolute Gasteiger partial charge is 0.308 e. The van der Waals surface area contributed by atoms with Gasteiger partial charge in [-0.1, -0.05) is 35.2 Å². The molecule has 0 amide bonds. The first kappa shape index (κ1) is 12.3. The molecule has 0 fully saturated rings. The van der Waals surface area contributed by atoms with Crippen LogP contribution in [0.4, 0.5) is 0 Å². The monoisotopic (exact) mass is 269 g/mol. The molecule has 0 saturated heterocycles. The van der Waals surface area contributed by atoms with Crippen LogP contribution >= 0.6 is 23.1 Å². The molecule has 0 bridgehead atoms. The van der Waals surface area contributed by atoms with E-state index in [0.717, 1.165) is 33.3 Å². The van der Waals surface area contributed by atoms with Crippen molar-refractivity contribution < 1.29 is 9.90 Å². The number of rotatable bonds is 4. The lowest BCUT2D eigenvalue weighted by Gasteiger charge is -2.01. The van der Waals surface area contributed by atoms with Crippen LogP contribution in [0.15, 0.2) is 29.1 Å². The molecule has 0 atom stereocenters. The molecule has 17 heavy (non-hydrogen) atoms. The summed E-state index contributed by atoms with van der Waals surface area (Å²) in [7, 11) is 0. The Labute approximate surface area is 106 Å². The van der Waals surface area contributed by atoms with Crippen LogP contribution in [0.3, 0.4) is 0 Å². The minimum absolute atomic E-state index is 0.0321. The van der Waals surface area contributed by atoms with Gasteiger partial charge in [0.2, 0.25) is 5.12 Å². The van der Waals surface area contributed by atoms with Gasteiger partial charge in [-0.15, -0.1) is 0 Å². The third-order valence-corrected chi connectivity index (χ3v) is 4.01. The Morgan fingerprint density at radius 3 is 2.94 bits per heavy atom. The molecule has 4 nitrogen and oxygen atoms in total. The molecule has 0 aliphatic heterocycles. The van der Waals surface area contributed by atoms with Crippen LogP contribution in [0.5, 0.6) is 0 Å². The van der Waals surface area contributed by atoms with Crippen LogP contribution in [-0.2, 0) is 11.3 Å². The predicted molar refractivity (Wildman–Crippen MR) is 70.6 cm³/mol. The first-order valence-corrected chi connectivity index (χ1v) is 6.87. The molecule has 90 valence electrons. The zero-order chi connectivity index (χ0) is 12.3. The van der Waals surface area contributed by atoms with Gasteiger partial charge in [0.05, 0.1) is 23.4 Å². The lowest BCUT2D eigenvalue weighted by atomic mass is 10.3. The van der Waals surface area contributed by atoms with Crippen molar-refractivity contribution in [1.82, 2.24) is 4.57 Å². The Hall–Kier alpha value is -1.11. The van der Waals surface area contributed by atoms with E-state index in [4.69, 9.17) is 5.11 Å². The Kier molecular flexibility index (Phi) is 3.98. The van der Waals surface area contributed by atoms with Crippen LogP contribution in [0.2, 0.25) is 0 Å². The maximum Gasteiger partial charge on any atom is 0.308 e. The van der Waals surface area contributed by atoms with Gasteiger partial charge in [0.15, 0.2) is 0 Å². The zero-order valence-electron chi connectivity index (χ0n) is 8.96. The molecule has 1 heterocycles. The Morgan fingerprint density at radius 2 is 2.18 bits per heavy atom. The summed E-state index contributed by atoms with van der Waals surface area (Å²) >= 11 is 2.19. The van der Waals surface area contributed by atoms with Gasteiger partial charge in [0.25, 0.3) is 0 Å². The number of fused-ring (bicyclic) bond motifs is 1. The molecule has 1 aromatic heterocycles. The van der Waals surface area contributed by atoms with Crippen LogP contribution in [0.1, 0.15) is 0 Å². The van der Waals surface area contributed by atoms with Crippen LogP contribution < -0.4 is 4.87 Å². The van der Waals surface area contributed by atoms with E-state index in [1.807, 2.05) is 24.3 Å². The SMILES string of the molecule is O=C(Cn1c(=O)sc2ccccc21)SCCO. The van der Waals surface area contributed by atoms with Crippen LogP contribution in [0, 0.1) is 0 Å². The van der Waals surface area contributed by atoms with Gasteiger partial charge in [0.1, 0.15) is 0 Å². The third-order valence-electron chi connectivity index (χ3n) is 2.22. The number of carbonyl (C=O) groups is 1. The standard InChI is InChI=1S/C11H11NO3S2/c13-5-6-16-10(14)7-12-8-3-1-2-4-9(8)17-11(12)15/h1-4,13H,5-7H2. The van der Waals surface area contributed by atoms with E-state index in [0.29, 0.717) is 5.75 Å². The van der Waals surface area contributed by atoms with E-state index < -0.39 is 0 Å². The molecular formula is C11H11NO3S2. The summed E-state index contributed by atoms with van der Waals surface area (Å²) in [5.74, 6) is 0.371. The third kappa shape index (κ3) is 2.77. The first-order chi connectivity index (χ1) is 8.22. The number of thioether (sulfide) groups is 1. The number of carbonyl (C=O) groups excluding carboxylic acids is 1. The van der Waals surface area contributed by atoms with E-state index in [1.165, 1.54) is 4.57 Å². The molecule has 0 aliphatic rings. The fourth-order valence-corrected chi connectivity index (χ4v) is 2.93. The second-order valence-electron chi connectivity index (χ2n) is 3.37. The van der Waals surface area contributed by atoms with E-state index >= 15 is 0 Å². The topological polar surface area (TPSA) is 59.3 Å². The summed E-state index contributed by atoms with van der Waals surface area (Å²) in [4.78, 5) is 23.2. The summed E-state index contributed by atoms with van der Waals surface area (Å²) in [5.41, 5.74) is 0.792. The van der Waals surface area contributed by atoms with Crippen molar-refractivity contribution in [3.8, 4) is 0 Å². The van der Waals surface area contributed by atoms with Gasteiger partial charge >= 0.3 is 4.87 Å². The minimum atomic E-state index is -0.121. The number of benzene rings is 1. The molecule has 2 rings (SSSR count). The van der Waals surface area contributed by atoms with Gasteiger partial charge in [-0.3, -0.25) is 14.2 Å². The first-order valence-electron chi connectivity index (χ1n) is 5.07. The van der Waals surface area contributed by atoms with Crippen molar-refractivity contribution in [2.24, 2.45) is 0 Å². The number of aromatic nitrogens is 1. The normalized spacial score (nSPS) is 10.9. The molecule has 6 heteroatoms. The molecule has 0 aliphatic carbocycles. The fraction of sp³-hybridized carbons (Fsp3) is 0.273. The number of thiazole rings is 1. The van der Waals surface area contributed by atoms with E-state index in [2.05, 4.69) is 0 Å². The number of para-hydroxylation sites is 1. The number of aliphatic hydroxyl groups excluding tert-OH is 1. The molecule has 0 spiro atoms. The summed E-state index contributed by atoms with van der Waals surface area (Å²) in [5, 5.41) is 8.52. The lowest BCUT2D eigenvalue weighted by Crippen LogP contribution is -2.17. The van der Waals surface area contributed by atoms with E-state index in [1.54, 1.807) is 0 Å². The summed E-state index contributed by atoms with van der Waals surface area (Å²) in [6.45, 7) is 0.0310. The number of hydrogen-bond donors (Lipinski definition) is 1. The van der Waals surface area contributed by atoms with Crippen LogP contribution in [0.25, 0.3) is 10.2 Å². The molecular weight excluding hydrogens is 258 g/mol. The maximum absolute atomic E-state index is 11.7. The predicted octanol–water partition coefficient (Wildman–Crippen LogP) is 1.32. The van der Waals surface area contributed by atoms with Gasteiger partial charge < -0.3 is 5.11 Å². The van der Waals surface area contributed by atoms with Crippen molar-refractivity contribution in [1.29, 1.82) is 0 Å². The van der Waals surface area contributed by atoms with E-state index in [9.17, 15) is 9.59 Å². The highest BCUT2D eigenvalue weighted by molar-refractivity contribution is 8.13. The van der Waals surface area contributed by atoms with Crippen molar-refractivity contribution >= 4 is 38.4 Å². The number of nitrogens with zero attached hydrogens (tertiary/aromatic N) is 1. The Bertz CT molecular complexity index is 588. The summed E-state index contributed by atoms with van der Waals surface area (Å²) < 4.78 is 2.37. The van der Waals surface area contributed by atoms with Crippen molar-refractivity contribution in [3.63, 3.8) is 0 Å². The van der Waals surface area contributed by atoms with Gasteiger partial charge in [0, 0.05) is 5.75 Å². The lowest BCUT2D eigenvalue weighted by molar-refractivity contribution is -0.111. The molecule has 0 unspecified atom stereocenters. The average Bonchev–Trinajstić information content (AvgIpc) is 2.64. The highest BCUT2D eigenvalue weighted by Gasteiger charge is 2.10. The van der Waals surface area contributed by atoms with Gasteiger partial charge in [-0.05, 0) is 12.1 Å². The molecule has 0 saturated carbocycles. The molecule has 2 aromatic rings. The van der Waals surface area contributed by atoms with E-state index in [-0.39, 0.29) is 23.1 Å². The van der Waals surface area contributed by atoms with Crippen LogP contribution in [-0.4, -0.2) is 27.1 Å². The molecule has 0 radical (unpaired) electrons. The summed E-state index contributed by atoms with van der Waals surface area (Å²) in [6, 6.07) is 7.40. The minimum Gasteiger partial charge on any atom is -0.396 e. The highest BCUT2D eigenvalue weighted by Crippen LogP contribution is 2.17. The van der Waals surface area contributed by atoms with Gasteiger partial charge in [-0.2, -0.15) is 0 Å². The second-order valence-corrected chi connectivity index (χ2v) is 5.51. The molecule has 1 aromatic carbocycles. The number of hydrogen-bond acceptors (Lipinski definition) is 5. The van der Waals surface area contributed by atoms with Crippen molar-refractivity contribution in [2.45, 2.75) is 6.54 Å². The Balaban J connectivity index is 2.26. The average molecular weight is 269 g/mol. The zero-order valence-corrected chi connectivity index (χ0v) is 10.6. The fourth-order valence-electron chi connectivity index (χ4n) is 1.50. The maximum atomic E-state index is 11.7. The van der Waals surface area contributed by atoms with Gasteiger partial charge in [-0.25, -0.2) is 0 Å².